The molecule has 0 aromatic carbocycles. The Hall–Kier alpha value is -2.15. The van der Waals surface area contributed by atoms with E-state index < -0.39 is 11.8 Å². The van der Waals surface area contributed by atoms with E-state index in [1.807, 2.05) is 25.1 Å². The molecule has 1 aromatic rings. The molecule has 0 atom stereocenters. The van der Waals surface area contributed by atoms with E-state index in [1.165, 1.54) is 0 Å². The largest absolute Gasteiger partial charge is 0.378 e. The first-order valence-corrected chi connectivity index (χ1v) is 8.00. The van der Waals surface area contributed by atoms with Crippen molar-refractivity contribution < 1.29 is 14.3 Å². The number of carbonyl (C=O) groups is 2. The molecule has 23 heavy (non-hydrogen) atoms. The van der Waals surface area contributed by atoms with E-state index in [4.69, 9.17) is 4.74 Å². The van der Waals surface area contributed by atoms with Gasteiger partial charge in [0.25, 0.3) is 0 Å². The highest BCUT2D eigenvalue weighted by atomic mass is 16.5. The number of morpholine rings is 1. The molecule has 3 heterocycles. The van der Waals surface area contributed by atoms with Crippen LogP contribution in [0.5, 0.6) is 0 Å². The Morgan fingerprint density at radius 1 is 0.957 bits per heavy atom. The predicted octanol–water partition coefficient (Wildman–Crippen LogP) is -0.103. The molecule has 2 fully saturated rings. The molecule has 7 heteroatoms. The first-order valence-electron chi connectivity index (χ1n) is 8.00. The van der Waals surface area contributed by atoms with Gasteiger partial charge < -0.3 is 19.4 Å². The average molecular weight is 318 g/mol. The molecule has 0 N–H and O–H groups in total. The summed E-state index contributed by atoms with van der Waals surface area (Å²) in [6, 6.07) is 5.92. The third kappa shape index (κ3) is 3.61. The minimum Gasteiger partial charge on any atom is -0.378 e. The molecule has 3 rings (SSSR count). The number of hydrogen-bond acceptors (Lipinski definition) is 5. The van der Waals surface area contributed by atoms with Gasteiger partial charge in [-0.05, 0) is 19.1 Å². The summed E-state index contributed by atoms with van der Waals surface area (Å²) in [4.78, 5) is 34.5. The third-order valence-corrected chi connectivity index (χ3v) is 4.25. The summed E-state index contributed by atoms with van der Waals surface area (Å²) in [6.45, 7) is 6.45. The van der Waals surface area contributed by atoms with Gasteiger partial charge in [0.2, 0.25) is 0 Å². The molecule has 2 aliphatic rings. The molecule has 2 amide bonds. The van der Waals surface area contributed by atoms with Crippen LogP contribution in [0.15, 0.2) is 18.2 Å². The Kier molecular flexibility index (Phi) is 4.76. The van der Waals surface area contributed by atoms with Crippen molar-refractivity contribution in [2.24, 2.45) is 0 Å². The maximum Gasteiger partial charge on any atom is 0.312 e. The summed E-state index contributed by atoms with van der Waals surface area (Å²) in [6.07, 6.45) is 0. The van der Waals surface area contributed by atoms with Crippen molar-refractivity contribution in [3.05, 3.63) is 23.9 Å². The SMILES string of the molecule is Cc1cccc(N2CCN(C(=O)C(=O)N3CCOCC3)CC2)n1. The summed E-state index contributed by atoms with van der Waals surface area (Å²) in [5.41, 5.74) is 0.975. The zero-order chi connectivity index (χ0) is 16.2. The van der Waals surface area contributed by atoms with Gasteiger partial charge in [-0.15, -0.1) is 0 Å². The van der Waals surface area contributed by atoms with Crippen molar-refractivity contribution in [1.82, 2.24) is 14.8 Å². The van der Waals surface area contributed by atoms with Crippen molar-refractivity contribution >= 4 is 17.6 Å². The second-order valence-corrected chi connectivity index (χ2v) is 5.82. The second-order valence-electron chi connectivity index (χ2n) is 5.82. The minimum absolute atomic E-state index is 0.399. The van der Waals surface area contributed by atoms with Gasteiger partial charge in [-0.1, -0.05) is 6.07 Å². The highest BCUT2D eigenvalue weighted by Crippen LogP contribution is 2.14. The molecule has 0 unspecified atom stereocenters. The van der Waals surface area contributed by atoms with Gasteiger partial charge in [0.15, 0.2) is 0 Å². The van der Waals surface area contributed by atoms with E-state index in [0.29, 0.717) is 52.5 Å². The zero-order valence-electron chi connectivity index (χ0n) is 13.4. The van der Waals surface area contributed by atoms with Crippen LogP contribution in [0.2, 0.25) is 0 Å². The maximum atomic E-state index is 12.4. The van der Waals surface area contributed by atoms with Gasteiger partial charge in [-0.25, -0.2) is 4.98 Å². The summed E-state index contributed by atoms with van der Waals surface area (Å²) >= 11 is 0. The molecular weight excluding hydrogens is 296 g/mol. The highest BCUT2D eigenvalue weighted by Gasteiger charge is 2.30. The second kappa shape index (κ2) is 6.95. The molecule has 0 spiro atoms. The number of carbonyl (C=O) groups excluding carboxylic acids is 2. The van der Waals surface area contributed by atoms with Gasteiger partial charge in [0, 0.05) is 45.0 Å². The molecule has 124 valence electrons. The van der Waals surface area contributed by atoms with E-state index in [-0.39, 0.29) is 0 Å². The molecule has 0 saturated carbocycles. The maximum absolute atomic E-state index is 12.4. The van der Waals surface area contributed by atoms with Crippen LogP contribution < -0.4 is 4.90 Å². The fourth-order valence-electron chi connectivity index (χ4n) is 2.88. The van der Waals surface area contributed by atoms with Crippen molar-refractivity contribution in [3.63, 3.8) is 0 Å². The van der Waals surface area contributed by atoms with Crippen LogP contribution >= 0.6 is 0 Å². The van der Waals surface area contributed by atoms with E-state index in [2.05, 4.69) is 9.88 Å². The Balaban J connectivity index is 1.55. The number of rotatable bonds is 1. The highest BCUT2D eigenvalue weighted by molar-refractivity contribution is 6.34. The summed E-state index contributed by atoms with van der Waals surface area (Å²) in [7, 11) is 0. The lowest BCUT2D eigenvalue weighted by Crippen LogP contribution is -2.54. The smallest absolute Gasteiger partial charge is 0.312 e. The van der Waals surface area contributed by atoms with Crippen LogP contribution in [0, 0.1) is 6.92 Å². The fraction of sp³-hybridized carbons (Fsp3) is 0.562. The Morgan fingerprint density at radius 3 is 2.17 bits per heavy atom. The molecular formula is C16H22N4O3. The van der Waals surface area contributed by atoms with Crippen LogP contribution in [-0.4, -0.2) is 79.1 Å². The third-order valence-electron chi connectivity index (χ3n) is 4.25. The van der Waals surface area contributed by atoms with Gasteiger partial charge in [0.05, 0.1) is 13.2 Å². The van der Waals surface area contributed by atoms with Gasteiger partial charge in [-0.2, -0.15) is 0 Å². The number of aromatic nitrogens is 1. The standard InChI is InChI=1S/C16H22N4O3/c1-13-3-2-4-14(17-13)18-5-7-19(8-6-18)15(21)16(22)20-9-11-23-12-10-20/h2-4H,5-12H2,1H3. The molecule has 1 aromatic heterocycles. The Bertz CT molecular complexity index is 578. The molecule has 0 bridgehead atoms. The lowest BCUT2D eigenvalue weighted by Gasteiger charge is -2.36. The lowest BCUT2D eigenvalue weighted by atomic mass is 10.2. The minimum atomic E-state index is -0.407. The first kappa shape index (κ1) is 15.7. The van der Waals surface area contributed by atoms with Crippen LogP contribution in [0.3, 0.4) is 0 Å². The normalized spacial score (nSPS) is 18.9. The Labute approximate surface area is 135 Å². The number of ether oxygens (including phenoxy) is 1. The molecule has 7 nitrogen and oxygen atoms in total. The van der Waals surface area contributed by atoms with Crippen molar-refractivity contribution in [1.29, 1.82) is 0 Å². The van der Waals surface area contributed by atoms with Crippen molar-refractivity contribution in [3.8, 4) is 0 Å². The van der Waals surface area contributed by atoms with Crippen molar-refractivity contribution in [2.45, 2.75) is 6.92 Å². The molecule has 2 saturated heterocycles. The van der Waals surface area contributed by atoms with E-state index in [0.717, 1.165) is 11.5 Å². The summed E-state index contributed by atoms with van der Waals surface area (Å²) in [5.74, 6) is 0.121. The van der Waals surface area contributed by atoms with Crippen LogP contribution in [0.4, 0.5) is 5.82 Å². The van der Waals surface area contributed by atoms with Gasteiger partial charge in [0.1, 0.15) is 5.82 Å². The number of anilines is 1. The van der Waals surface area contributed by atoms with Crippen LogP contribution in [-0.2, 0) is 14.3 Å². The van der Waals surface area contributed by atoms with Gasteiger partial charge in [-0.3, -0.25) is 9.59 Å². The molecule has 0 aliphatic carbocycles. The van der Waals surface area contributed by atoms with Crippen LogP contribution in [0.1, 0.15) is 5.69 Å². The lowest BCUT2D eigenvalue weighted by molar-refractivity contribution is -0.154. The first-order chi connectivity index (χ1) is 11.1. The number of aryl methyl sites for hydroxylation is 1. The van der Waals surface area contributed by atoms with Crippen molar-refractivity contribution in [2.75, 3.05) is 57.4 Å². The van der Waals surface area contributed by atoms with E-state index >= 15 is 0 Å². The van der Waals surface area contributed by atoms with Crippen LogP contribution in [0.25, 0.3) is 0 Å². The average Bonchev–Trinajstić information content (AvgIpc) is 2.61. The van der Waals surface area contributed by atoms with Gasteiger partial charge >= 0.3 is 11.8 Å². The fourth-order valence-corrected chi connectivity index (χ4v) is 2.88. The molecule has 2 aliphatic heterocycles. The monoisotopic (exact) mass is 318 g/mol. The zero-order valence-corrected chi connectivity index (χ0v) is 13.4. The Morgan fingerprint density at radius 2 is 1.57 bits per heavy atom. The number of pyridine rings is 1. The van der Waals surface area contributed by atoms with E-state index in [9.17, 15) is 9.59 Å². The number of amides is 2. The topological polar surface area (TPSA) is 66.0 Å². The predicted molar refractivity (Wildman–Crippen MR) is 85.2 cm³/mol. The number of piperazine rings is 1. The number of nitrogens with zero attached hydrogens (tertiary/aromatic N) is 4. The van der Waals surface area contributed by atoms with E-state index in [1.54, 1.807) is 9.80 Å². The molecule has 0 radical (unpaired) electrons. The number of hydrogen-bond donors (Lipinski definition) is 0. The summed E-state index contributed by atoms with van der Waals surface area (Å²) in [5, 5.41) is 0. The summed E-state index contributed by atoms with van der Waals surface area (Å²) < 4.78 is 5.22. The quantitative estimate of drug-likeness (QED) is 0.677.